The van der Waals surface area contributed by atoms with E-state index >= 15 is 0 Å². The lowest BCUT2D eigenvalue weighted by Gasteiger charge is -2.06. The van der Waals surface area contributed by atoms with Crippen LogP contribution in [0.4, 0.5) is 0 Å². The SMILES string of the molecule is [N-]=[N+]=NCCCNC(=O)c1cc(Br)ccc1Cl. The molecule has 0 saturated carbocycles. The number of rotatable bonds is 5. The van der Waals surface area contributed by atoms with Gasteiger partial charge in [0.15, 0.2) is 0 Å². The maximum absolute atomic E-state index is 11.7. The molecule has 0 spiro atoms. The Morgan fingerprint density at radius 1 is 1.59 bits per heavy atom. The van der Waals surface area contributed by atoms with E-state index in [0.29, 0.717) is 30.1 Å². The molecule has 17 heavy (non-hydrogen) atoms. The zero-order valence-corrected chi connectivity index (χ0v) is 11.2. The van der Waals surface area contributed by atoms with Crippen LogP contribution in [-0.2, 0) is 0 Å². The standard InChI is InChI=1S/C10H10BrClN4O/c11-7-2-3-9(12)8(6-7)10(17)14-4-1-5-15-16-13/h2-3,6H,1,4-5H2,(H,14,17). The number of halogens is 2. The summed E-state index contributed by atoms with van der Waals surface area (Å²) in [6.07, 6.45) is 0.599. The Morgan fingerprint density at radius 3 is 3.06 bits per heavy atom. The van der Waals surface area contributed by atoms with E-state index in [9.17, 15) is 4.79 Å². The molecule has 0 fully saturated rings. The second-order valence-electron chi connectivity index (χ2n) is 3.19. The molecule has 0 aromatic heterocycles. The first-order valence-corrected chi connectivity index (χ1v) is 6.06. The highest BCUT2D eigenvalue weighted by atomic mass is 79.9. The van der Waals surface area contributed by atoms with Crippen molar-refractivity contribution in [1.29, 1.82) is 0 Å². The van der Waals surface area contributed by atoms with Gasteiger partial charge in [0, 0.05) is 22.5 Å². The molecule has 0 saturated heterocycles. The fourth-order valence-electron chi connectivity index (χ4n) is 1.16. The van der Waals surface area contributed by atoms with E-state index in [2.05, 4.69) is 31.3 Å². The molecule has 0 aliphatic rings. The van der Waals surface area contributed by atoms with Crippen LogP contribution in [0.2, 0.25) is 5.02 Å². The van der Waals surface area contributed by atoms with Crippen molar-refractivity contribution in [2.45, 2.75) is 6.42 Å². The number of hydrogen-bond acceptors (Lipinski definition) is 2. The molecule has 0 aliphatic heterocycles. The van der Waals surface area contributed by atoms with Gasteiger partial charge in [-0.1, -0.05) is 32.6 Å². The molecule has 0 bridgehead atoms. The van der Waals surface area contributed by atoms with Crippen molar-refractivity contribution >= 4 is 33.4 Å². The summed E-state index contributed by atoms with van der Waals surface area (Å²) in [7, 11) is 0. The van der Waals surface area contributed by atoms with Crippen molar-refractivity contribution < 1.29 is 4.79 Å². The van der Waals surface area contributed by atoms with Crippen LogP contribution in [0.1, 0.15) is 16.8 Å². The molecule has 1 aromatic carbocycles. The van der Waals surface area contributed by atoms with E-state index in [0.717, 1.165) is 4.47 Å². The van der Waals surface area contributed by atoms with Gasteiger partial charge in [-0.2, -0.15) is 0 Å². The van der Waals surface area contributed by atoms with E-state index in [1.54, 1.807) is 18.2 Å². The lowest BCUT2D eigenvalue weighted by atomic mass is 10.2. The molecule has 1 amide bonds. The van der Waals surface area contributed by atoms with Crippen LogP contribution in [0, 0.1) is 0 Å². The predicted octanol–water partition coefficient (Wildman–Crippen LogP) is 3.53. The summed E-state index contributed by atoms with van der Waals surface area (Å²) in [5, 5.41) is 6.47. The van der Waals surface area contributed by atoms with Crippen molar-refractivity contribution in [1.82, 2.24) is 5.32 Å². The normalized spacial score (nSPS) is 9.53. The van der Waals surface area contributed by atoms with Crippen molar-refractivity contribution in [3.8, 4) is 0 Å². The first kappa shape index (κ1) is 13.8. The van der Waals surface area contributed by atoms with E-state index in [4.69, 9.17) is 17.1 Å². The molecule has 0 radical (unpaired) electrons. The maximum Gasteiger partial charge on any atom is 0.252 e. The smallest absolute Gasteiger partial charge is 0.252 e. The summed E-state index contributed by atoms with van der Waals surface area (Å²) in [4.78, 5) is 14.4. The molecule has 7 heteroatoms. The van der Waals surface area contributed by atoms with E-state index in [1.807, 2.05) is 0 Å². The Morgan fingerprint density at radius 2 is 2.35 bits per heavy atom. The van der Waals surface area contributed by atoms with E-state index < -0.39 is 0 Å². The molecule has 0 atom stereocenters. The minimum absolute atomic E-state index is 0.239. The molecule has 0 heterocycles. The number of carbonyl (C=O) groups is 1. The van der Waals surface area contributed by atoms with Gasteiger partial charge >= 0.3 is 0 Å². The van der Waals surface area contributed by atoms with Crippen molar-refractivity contribution in [3.05, 3.63) is 43.7 Å². The Labute approximate surface area is 112 Å². The van der Waals surface area contributed by atoms with Gasteiger partial charge in [0.2, 0.25) is 0 Å². The number of benzene rings is 1. The Bertz CT molecular complexity index is 460. The summed E-state index contributed by atoms with van der Waals surface area (Å²) in [6.45, 7) is 0.809. The largest absolute Gasteiger partial charge is 0.352 e. The number of hydrogen-bond donors (Lipinski definition) is 1. The number of nitrogens with one attached hydrogen (secondary N) is 1. The van der Waals surface area contributed by atoms with E-state index in [1.165, 1.54) is 0 Å². The molecule has 1 N–H and O–H groups in total. The van der Waals surface area contributed by atoms with Crippen LogP contribution < -0.4 is 5.32 Å². The van der Waals surface area contributed by atoms with Gasteiger partial charge in [0.25, 0.3) is 5.91 Å². The minimum Gasteiger partial charge on any atom is -0.352 e. The second kappa shape index (κ2) is 7.17. The van der Waals surface area contributed by atoms with Gasteiger partial charge < -0.3 is 5.32 Å². The highest BCUT2D eigenvalue weighted by molar-refractivity contribution is 9.10. The van der Waals surface area contributed by atoms with Crippen LogP contribution in [0.5, 0.6) is 0 Å². The first-order valence-electron chi connectivity index (χ1n) is 4.89. The summed E-state index contributed by atoms with van der Waals surface area (Å²) in [5.74, 6) is -0.239. The highest BCUT2D eigenvalue weighted by Gasteiger charge is 2.09. The van der Waals surface area contributed by atoms with Crippen LogP contribution in [0.25, 0.3) is 10.4 Å². The second-order valence-corrected chi connectivity index (χ2v) is 4.51. The number of carbonyl (C=O) groups excluding carboxylic acids is 1. The van der Waals surface area contributed by atoms with Crippen LogP contribution in [-0.4, -0.2) is 19.0 Å². The summed E-state index contributed by atoms with van der Waals surface area (Å²) >= 11 is 9.18. The predicted molar refractivity (Wildman–Crippen MR) is 70.1 cm³/mol. The molecule has 0 aliphatic carbocycles. The molecule has 1 aromatic rings. The van der Waals surface area contributed by atoms with Gasteiger partial charge in [0.05, 0.1) is 10.6 Å². The molecule has 1 rings (SSSR count). The average Bonchev–Trinajstić information content (AvgIpc) is 2.32. The average molecular weight is 318 g/mol. The van der Waals surface area contributed by atoms with Gasteiger partial charge in [-0.25, -0.2) is 0 Å². The van der Waals surface area contributed by atoms with Gasteiger partial charge in [-0.3, -0.25) is 4.79 Å². The Hall–Kier alpha value is -1.23. The van der Waals surface area contributed by atoms with Crippen molar-refractivity contribution in [2.24, 2.45) is 5.11 Å². The molecular weight excluding hydrogens is 307 g/mol. The zero-order chi connectivity index (χ0) is 12.7. The first-order chi connectivity index (χ1) is 8.15. The number of azide groups is 1. The van der Waals surface area contributed by atoms with Crippen LogP contribution in [0.3, 0.4) is 0 Å². The quantitative estimate of drug-likeness (QED) is 0.383. The minimum atomic E-state index is -0.239. The molecule has 90 valence electrons. The van der Waals surface area contributed by atoms with Crippen LogP contribution >= 0.6 is 27.5 Å². The molecule has 5 nitrogen and oxygen atoms in total. The fraction of sp³-hybridized carbons (Fsp3) is 0.300. The lowest BCUT2D eigenvalue weighted by Crippen LogP contribution is -2.25. The van der Waals surface area contributed by atoms with Crippen molar-refractivity contribution in [2.75, 3.05) is 13.1 Å². The van der Waals surface area contributed by atoms with Crippen LogP contribution in [0.15, 0.2) is 27.8 Å². The summed E-state index contributed by atoms with van der Waals surface area (Å²) in [5.41, 5.74) is 8.49. The van der Waals surface area contributed by atoms with Crippen molar-refractivity contribution in [3.63, 3.8) is 0 Å². The Kier molecular flexibility index (Phi) is 5.83. The topological polar surface area (TPSA) is 77.9 Å². The molecular formula is C10H10BrClN4O. The number of amides is 1. The summed E-state index contributed by atoms with van der Waals surface area (Å²) < 4.78 is 0.793. The molecule has 0 unspecified atom stereocenters. The third-order valence-electron chi connectivity index (χ3n) is 1.96. The summed E-state index contributed by atoms with van der Waals surface area (Å²) in [6, 6.07) is 5.08. The monoisotopic (exact) mass is 316 g/mol. The van der Waals surface area contributed by atoms with Gasteiger partial charge in [-0.05, 0) is 30.2 Å². The third-order valence-corrected chi connectivity index (χ3v) is 2.78. The third kappa shape index (κ3) is 4.65. The lowest BCUT2D eigenvalue weighted by molar-refractivity contribution is 0.0953. The van der Waals surface area contributed by atoms with E-state index in [-0.39, 0.29) is 5.91 Å². The number of nitrogens with zero attached hydrogens (tertiary/aromatic N) is 3. The fourth-order valence-corrected chi connectivity index (χ4v) is 1.73. The Balaban J connectivity index is 2.52. The van der Waals surface area contributed by atoms with Gasteiger partial charge in [-0.15, -0.1) is 0 Å². The highest BCUT2D eigenvalue weighted by Crippen LogP contribution is 2.20. The zero-order valence-electron chi connectivity index (χ0n) is 8.86. The maximum atomic E-state index is 11.7. The van der Waals surface area contributed by atoms with Gasteiger partial charge in [0.1, 0.15) is 0 Å².